The molecule has 3 heteroatoms. The van der Waals surface area contributed by atoms with Gasteiger partial charge >= 0.3 is 0 Å². The Morgan fingerprint density at radius 1 is 1.19 bits per heavy atom. The number of nitrogens with zero attached hydrogens (tertiary/aromatic N) is 3. The molecule has 3 nitrogen and oxygen atoms in total. The van der Waals surface area contributed by atoms with Crippen LogP contribution in [0.4, 0.5) is 5.82 Å². The lowest BCUT2D eigenvalue weighted by Crippen LogP contribution is -2.18. The molecule has 2 heterocycles. The molecule has 0 radical (unpaired) electrons. The maximum atomic E-state index is 4.18. The van der Waals surface area contributed by atoms with Gasteiger partial charge in [0, 0.05) is 19.3 Å². The Labute approximate surface area is 99.9 Å². The third kappa shape index (κ3) is 5.69. The lowest BCUT2D eigenvalue weighted by atomic mass is 10.4. The van der Waals surface area contributed by atoms with Crippen molar-refractivity contribution in [1.29, 1.82) is 0 Å². The summed E-state index contributed by atoms with van der Waals surface area (Å²) in [6.07, 6.45) is 7.24. The van der Waals surface area contributed by atoms with Crippen molar-refractivity contribution in [1.82, 2.24) is 9.97 Å². The molecule has 1 saturated heterocycles. The van der Waals surface area contributed by atoms with Gasteiger partial charge in [-0.1, -0.05) is 34.1 Å². The standard InChI is InChI=1S/C8H11N3.C3H8.C2H6/c1-2-6-11(5-1)8-3-4-9-7-10-8;1-3-2;1-2/h3-4,7H,1-2,5-6H2;3H2,1-2H3;1-2H3. The highest BCUT2D eigenvalue weighted by Crippen LogP contribution is 2.15. The Morgan fingerprint density at radius 3 is 2.19 bits per heavy atom. The molecule has 0 bridgehead atoms. The fraction of sp³-hybridized carbons (Fsp3) is 0.692. The first-order valence-corrected chi connectivity index (χ1v) is 6.39. The van der Waals surface area contributed by atoms with Gasteiger partial charge in [-0.05, 0) is 18.9 Å². The predicted octanol–water partition coefficient (Wildman–Crippen LogP) is 3.52. The maximum Gasteiger partial charge on any atom is 0.131 e. The van der Waals surface area contributed by atoms with E-state index in [4.69, 9.17) is 0 Å². The second kappa shape index (κ2) is 10.4. The van der Waals surface area contributed by atoms with Gasteiger partial charge in [0.05, 0.1) is 0 Å². The summed E-state index contributed by atoms with van der Waals surface area (Å²) >= 11 is 0. The van der Waals surface area contributed by atoms with E-state index in [2.05, 4.69) is 28.7 Å². The first kappa shape index (κ1) is 14.9. The fourth-order valence-corrected chi connectivity index (χ4v) is 1.42. The quantitative estimate of drug-likeness (QED) is 0.729. The van der Waals surface area contributed by atoms with Crippen molar-refractivity contribution in [2.75, 3.05) is 18.0 Å². The highest BCUT2D eigenvalue weighted by molar-refractivity contribution is 5.37. The summed E-state index contributed by atoms with van der Waals surface area (Å²) in [6.45, 7) is 10.5. The highest BCUT2D eigenvalue weighted by Gasteiger charge is 2.11. The maximum absolute atomic E-state index is 4.18. The summed E-state index contributed by atoms with van der Waals surface area (Å²) in [7, 11) is 0. The summed E-state index contributed by atoms with van der Waals surface area (Å²) in [5.74, 6) is 1.07. The molecule has 1 aliphatic heterocycles. The van der Waals surface area contributed by atoms with Crippen molar-refractivity contribution < 1.29 is 0 Å². The normalized spacial score (nSPS) is 13.4. The Morgan fingerprint density at radius 2 is 1.75 bits per heavy atom. The summed E-state index contributed by atoms with van der Waals surface area (Å²) < 4.78 is 0. The van der Waals surface area contributed by atoms with E-state index in [9.17, 15) is 0 Å². The van der Waals surface area contributed by atoms with Crippen molar-refractivity contribution in [3.63, 3.8) is 0 Å². The minimum atomic E-state index is 1.07. The molecule has 1 aliphatic rings. The minimum Gasteiger partial charge on any atom is -0.357 e. The molecule has 1 aromatic heterocycles. The Hall–Kier alpha value is -1.12. The van der Waals surface area contributed by atoms with Crippen LogP contribution in [0, 0.1) is 0 Å². The van der Waals surface area contributed by atoms with E-state index in [-0.39, 0.29) is 0 Å². The van der Waals surface area contributed by atoms with Crippen LogP contribution < -0.4 is 4.90 Å². The van der Waals surface area contributed by atoms with Crippen LogP contribution in [0.15, 0.2) is 18.6 Å². The van der Waals surface area contributed by atoms with Gasteiger partial charge in [0.25, 0.3) is 0 Å². The van der Waals surface area contributed by atoms with E-state index >= 15 is 0 Å². The average Bonchev–Trinajstić information content (AvgIpc) is 2.87. The van der Waals surface area contributed by atoms with Gasteiger partial charge in [0.15, 0.2) is 0 Å². The third-order valence-corrected chi connectivity index (χ3v) is 2.00. The SMILES string of the molecule is CC.CCC.c1cc(N2CCCC2)ncn1. The highest BCUT2D eigenvalue weighted by atomic mass is 15.2. The molecule has 16 heavy (non-hydrogen) atoms. The van der Waals surface area contributed by atoms with Crippen molar-refractivity contribution in [3.05, 3.63) is 18.6 Å². The van der Waals surface area contributed by atoms with E-state index in [0.29, 0.717) is 0 Å². The minimum absolute atomic E-state index is 1.07. The molecule has 2 rings (SSSR count). The smallest absolute Gasteiger partial charge is 0.131 e. The van der Waals surface area contributed by atoms with Gasteiger partial charge < -0.3 is 4.90 Å². The van der Waals surface area contributed by atoms with Crippen molar-refractivity contribution in [2.45, 2.75) is 47.0 Å². The van der Waals surface area contributed by atoms with E-state index in [0.717, 1.165) is 18.9 Å². The van der Waals surface area contributed by atoms with Gasteiger partial charge in [0.1, 0.15) is 12.1 Å². The summed E-state index contributed by atoms with van der Waals surface area (Å²) in [5.41, 5.74) is 0. The molecule has 0 unspecified atom stereocenters. The van der Waals surface area contributed by atoms with Crippen molar-refractivity contribution >= 4 is 5.82 Å². The Balaban J connectivity index is 0.000000394. The van der Waals surface area contributed by atoms with Crippen molar-refractivity contribution in [3.8, 4) is 0 Å². The second-order valence-electron chi connectivity index (χ2n) is 3.47. The Kier molecular flexibility index (Phi) is 9.67. The molecule has 1 aromatic rings. The van der Waals surface area contributed by atoms with Crippen LogP contribution in [0.3, 0.4) is 0 Å². The van der Waals surface area contributed by atoms with E-state index in [1.807, 2.05) is 19.9 Å². The van der Waals surface area contributed by atoms with Gasteiger partial charge in [-0.2, -0.15) is 0 Å². The van der Waals surface area contributed by atoms with Crippen LogP contribution in [0.1, 0.15) is 47.0 Å². The molecule has 92 valence electrons. The molecule has 0 aliphatic carbocycles. The van der Waals surface area contributed by atoms with Crippen LogP contribution in [0.5, 0.6) is 0 Å². The molecule has 0 N–H and O–H groups in total. The van der Waals surface area contributed by atoms with E-state index < -0.39 is 0 Å². The summed E-state index contributed by atoms with van der Waals surface area (Å²) in [5, 5.41) is 0. The molecular formula is C13H25N3. The van der Waals surface area contributed by atoms with Crippen molar-refractivity contribution in [2.24, 2.45) is 0 Å². The molecule has 0 aromatic carbocycles. The fourth-order valence-electron chi connectivity index (χ4n) is 1.42. The number of rotatable bonds is 1. The van der Waals surface area contributed by atoms with Crippen LogP contribution in [0.2, 0.25) is 0 Å². The summed E-state index contributed by atoms with van der Waals surface area (Å²) in [4.78, 5) is 10.3. The van der Waals surface area contributed by atoms with Gasteiger partial charge in [0.2, 0.25) is 0 Å². The first-order valence-electron chi connectivity index (χ1n) is 6.39. The number of anilines is 1. The summed E-state index contributed by atoms with van der Waals surface area (Å²) in [6, 6.07) is 1.96. The van der Waals surface area contributed by atoms with Gasteiger partial charge in [-0.15, -0.1) is 0 Å². The topological polar surface area (TPSA) is 29.0 Å². The number of hydrogen-bond donors (Lipinski definition) is 0. The van der Waals surface area contributed by atoms with Crippen LogP contribution >= 0.6 is 0 Å². The number of aromatic nitrogens is 2. The first-order chi connectivity index (χ1) is 7.88. The van der Waals surface area contributed by atoms with Gasteiger partial charge in [-0.25, -0.2) is 9.97 Å². The average molecular weight is 223 g/mol. The molecular weight excluding hydrogens is 198 g/mol. The third-order valence-electron chi connectivity index (χ3n) is 2.00. The molecule has 0 atom stereocenters. The zero-order valence-corrected chi connectivity index (χ0v) is 11.1. The van der Waals surface area contributed by atoms with Crippen LogP contribution in [-0.2, 0) is 0 Å². The molecule has 0 spiro atoms. The number of hydrogen-bond acceptors (Lipinski definition) is 3. The van der Waals surface area contributed by atoms with Gasteiger partial charge in [-0.3, -0.25) is 0 Å². The zero-order valence-electron chi connectivity index (χ0n) is 11.1. The van der Waals surface area contributed by atoms with Crippen LogP contribution in [0.25, 0.3) is 0 Å². The largest absolute Gasteiger partial charge is 0.357 e. The lowest BCUT2D eigenvalue weighted by molar-refractivity contribution is 0.927. The molecule has 0 saturated carbocycles. The second-order valence-corrected chi connectivity index (χ2v) is 3.47. The Bertz CT molecular complexity index is 230. The monoisotopic (exact) mass is 223 g/mol. The lowest BCUT2D eigenvalue weighted by Gasteiger charge is -2.14. The predicted molar refractivity (Wildman–Crippen MR) is 70.8 cm³/mol. The van der Waals surface area contributed by atoms with E-state index in [1.165, 1.54) is 19.3 Å². The van der Waals surface area contributed by atoms with Crippen LogP contribution in [-0.4, -0.2) is 23.1 Å². The molecule has 1 fully saturated rings. The zero-order chi connectivity index (χ0) is 12.2. The molecule has 0 amide bonds. The van der Waals surface area contributed by atoms with E-state index in [1.54, 1.807) is 12.5 Å².